The second-order valence-electron chi connectivity index (χ2n) is 6.16. The number of hydrogen-bond acceptors (Lipinski definition) is 7. The van der Waals surface area contributed by atoms with Gasteiger partial charge in [-0.3, -0.25) is 9.35 Å². The summed E-state index contributed by atoms with van der Waals surface area (Å²) in [5.74, 6) is -0.706. The van der Waals surface area contributed by atoms with Crippen LogP contribution >= 0.6 is 0 Å². The molecule has 3 heterocycles. The van der Waals surface area contributed by atoms with E-state index in [0.717, 1.165) is 0 Å². The molecule has 11 nitrogen and oxygen atoms in total. The summed E-state index contributed by atoms with van der Waals surface area (Å²) in [6.45, 7) is 0.961. The Kier molecular flexibility index (Phi) is 4.53. The van der Waals surface area contributed by atoms with Gasteiger partial charge in [-0.15, -0.1) is 9.35 Å². The van der Waals surface area contributed by atoms with E-state index in [1.54, 1.807) is 0 Å². The van der Waals surface area contributed by atoms with Crippen LogP contribution in [0.3, 0.4) is 0 Å². The average Bonchev–Trinajstić information content (AvgIpc) is 2.68. The molecule has 1 unspecified atom stereocenters. The van der Waals surface area contributed by atoms with Crippen LogP contribution < -0.4 is 5.73 Å². The number of urea groups is 1. The maximum atomic E-state index is 12.8. The van der Waals surface area contributed by atoms with E-state index < -0.39 is 39.1 Å². The molecule has 0 aromatic rings. The van der Waals surface area contributed by atoms with Crippen LogP contribution in [0.15, 0.2) is 0 Å². The minimum atomic E-state index is -4.87. The zero-order chi connectivity index (χ0) is 17.5. The van der Waals surface area contributed by atoms with Crippen LogP contribution in [-0.4, -0.2) is 72.6 Å². The van der Waals surface area contributed by atoms with Crippen molar-refractivity contribution in [2.45, 2.75) is 43.9 Å². The molecule has 3 atom stereocenters. The van der Waals surface area contributed by atoms with Crippen LogP contribution in [-0.2, 0) is 29.1 Å². The first kappa shape index (κ1) is 17.5. The molecule has 0 aromatic carbocycles. The quantitative estimate of drug-likeness (QED) is 0.470. The van der Waals surface area contributed by atoms with Gasteiger partial charge < -0.3 is 10.5 Å². The summed E-state index contributed by atoms with van der Waals surface area (Å²) in [4.78, 5) is 30.6. The van der Waals surface area contributed by atoms with Crippen molar-refractivity contribution in [1.82, 2.24) is 5.06 Å². The highest BCUT2D eigenvalue weighted by molar-refractivity contribution is 7.80. The number of nitrogens with zero attached hydrogens (tertiary/aromatic N) is 2. The lowest BCUT2D eigenvalue weighted by Gasteiger charge is -2.38. The lowest BCUT2D eigenvalue weighted by Crippen LogP contribution is -2.64. The molecule has 3 rings (SSSR count). The molecule has 0 spiro atoms. The smallest absolute Gasteiger partial charge is 0.381 e. The number of quaternary nitrogens is 1. The van der Waals surface area contributed by atoms with Crippen molar-refractivity contribution in [3.63, 3.8) is 0 Å². The number of carbonyl (C=O) groups excluding carboxylic acids is 2. The number of piperidine rings is 1. The molecule has 3 aliphatic heterocycles. The molecule has 0 aliphatic carbocycles. The minimum absolute atomic E-state index is 0.0271. The first-order valence-corrected chi connectivity index (χ1v) is 9.03. The van der Waals surface area contributed by atoms with E-state index in [2.05, 4.69) is 4.28 Å². The Labute approximate surface area is 138 Å². The third-order valence-corrected chi connectivity index (χ3v) is 4.96. The highest BCUT2D eigenvalue weighted by Crippen LogP contribution is 2.39. The Morgan fingerprint density at radius 3 is 2.54 bits per heavy atom. The van der Waals surface area contributed by atoms with Crippen molar-refractivity contribution in [3.8, 4) is 0 Å². The van der Waals surface area contributed by atoms with E-state index in [-0.39, 0.29) is 19.1 Å². The monoisotopic (exact) mass is 366 g/mol. The molecule has 0 aromatic heterocycles. The van der Waals surface area contributed by atoms with Crippen LogP contribution in [0.5, 0.6) is 0 Å². The zero-order valence-corrected chi connectivity index (χ0v) is 13.7. The fourth-order valence-corrected chi connectivity index (χ4v) is 3.96. The maximum Gasteiger partial charge on any atom is 0.477 e. The first-order chi connectivity index (χ1) is 11.2. The van der Waals surface area contributed by atoms with Gasteiger partial charge in [0.1, 0.15) is 18.7 Å². The summed E-state index contributed by atoms with van der Waals surface area (Å²) in [6.07, 6.45) is 1.33. The second-order valence-corrected chi connectivity index (χ2v) is 7.16. The van der Waals surface area contributed by atoms with Crippen molar-refractivity contribution in [2.24, 2.45) is 5.73 Å². The number of carbonyl (C=O) groups is 2. The number of rotatable bonds is 5. The first-order valence-electron chi connectivity index (χ1n) is 7.67. The van der Waals surface area contributed by atoms with E-state index in [4.69, 9.17) is 19.9 Å². The lowest BCUT2D eigenvalue weighted by molar-refractivity contribution is -1.06. The van der Waals surface area contributed by atoms with E-state index in [9.17, 15) is 18.0 Å². The summed E-state index contributed by atoms with van der Waals surface area (Å²) in [7, 11) is -4.87. The third kappa shape index (κ3) is 3.12. The summed E-state index contributed by atoms with van der Waals surface area (Å²) in [6, 6.07) is -2.42. The van der Waals surface area contributed by atoms with Crippen molar-refractivity contribution in [2.75, 3.05) is 19.8 Å². The zero-order valence-electron chi connectivity index (χ0n) is 12.9. The molecular weight excluding hydrogens is 346 g/mol. The summed E-state index contributed by atoms with van der Waals surface area (Å²) in [5.41, 5.74) is 5.44. The number of hydroxylamine groups is 5. The second kappa shape index (κ2) is 6.20. The van der Waals surface area contributed by atoms with Gasteiger partial charge in [-0.05, 0) is 6.42 Å². The van der Waals surface area contributed by atoms with E-state index in [0.29, 0.717) is 37.5 Å². The van der Waals surface area contributed by atoms with Gasteiger partial charge in [0.05, 0.1) is 0 Å². The predicted molar refractivity (Wildman–Crippen MR) is 75.9 cm³/mol. The SMILES string of the molecule is NC(=O)[C@@H]1CC[C@@H]2C[N+]1(OC1CCOCC1)C(=O)N2OS(=O)(=O)O. The Morgan fingerprint density at radius 1 is 1.29 bits per heavy atom. The average molecular weight is 366 g/mol. The topological polar surface area (TPSA) is 145 Å². The molecule has 3 aliphatic rings. The van der Waals surface area contributed by atoms with Gasteiger partial charge in [0.15, 0.2) is 0 Å². The van der Waals surface area contributed by atoms with Gasteiger partial charge in [-0.25, -0.2) is 4.79 Å². The van der Waals surface area contributed by atoms with Crippen LogP contribution in [0, 0.1) is 0 Å². The van der Waals surface area contributed by atoms with Crippen molar-refractivity contribution in [1.29, 1.82) is 0 Å². The standard InChI is InChI=1S/C12H19N3O8S/c13-11(16)10-2-1-8-7-15(10,22-9-3-5-21-6-4-9)12(17)14(8)23-24(18,19)20/h8-10H,1-7H2,(H2-,13,16,18,19,20)/p+1/t8-,10+,15?/m1/s1. The minimum Gasteiger partial charge on any atom is -0.381 e. The van der Waals surface area contributed by atoms with Crippen molar-refractivity contribution < 1.29 is 41.1 Å². The lowest BCUT2D eigenvalue weighted by atomic mass is 10.00. The van der Waals surface area contributed by atoms with Crippen LogP contribution in [0.4, 0.5) is 4.79 Å². The summed E-state index contributed by atoms with van der Waals surface area (Å²) in [5, 5.41) is 0.581. The van der Waals surface area contributed by atoms with Crippen LogP contribution in [0.1, 0.15) is 25.7 Å². The molecule has 0 saturated carbocycles. The van der Waals surface area contributed by atoms with Crippen LogP contribution in [0.25, 0.3) is 0 Å². The molecule has 3 fully saturated rings. The summed E-state index contributed by atoms with van der Waals surface area (Å²) >= 11 is 0. The van der Waals surface area contributed by atoms with E-state index >= 15 is 0 Å². The van der Waals surface area contributed by atoms with Crippen LogP contribution in [0.2, 0.25) is 0 Å². The van der Waals surface area contributed by atoms with Gasteiger partial charge in [-0.1, -0.05) is 4.65 Å². The summed E-state index contributed by atoms with van der Waals surface area (Å²) < 4.78 is 39.8. The Balaban J connectivity index is 1.90. The Hall–Kier alpha value is -1.31. The predicted octanol–water partition coefficient (Wildman–Crippen LogP) is -0.900. The van der Waals surface area contributed by atoms with Gasteiger partial charge >= 0.3 is 16.4 Å². The number of hydrogen-bond donors (Lipinski definition) is 2. The van der Waals surface area contributed by atoms with Gasteiger partial charge in [0, 0.05) is 32.5 Å². The number of ether oxygens (including phenoxy) is 1. The van der Waals surface area contributed by atoms with Gasteiger partial charge in [0.25, 0.3) is 5.91 Å². The largest absolute Gasteiger partial charge is 0.477 e. The maximum absolute atomic E-state index is 12.8. The number of fused-ring (bicyclic) bond motifs is 2. The van der Waals surface area contributed by atoms with Crippen molar-refractivity contribution in [3.05, 3.63) is 0 Å². The number of nitrogens with two attached hydrogens (primary N) is 1. The Morgan fingerprint density at radius 2 is 1.96 bits per heavy atom. The van der Waals surface area contributed by atoms with E-state index in [1.807, 2.05) is 0 Å². The highest BCUT2D eigenvalue weighted by Gasteiger charge is 2.66. The molecule has 0 radical (unpaired) electrons. The molecule has 24 heavy (non-hydrogen) atoms. The number of primary amides is 1. The fourth-order valence-electron chi connectivity index (χ4n) is 3.57. The molecule has 136 valence electrons. The molecule has 3 saturated heterocycles. The molecule has 3 N–H and O–H groups in total. The normalized spacial score (nSPS) is 34.5. The third-order valence-electron chi connectivity index (χ3n) is 4.61. The van der Waals surface area contributed by atoms with E-state index in [1.165, 1.54) is 0 Å². The molecular formula is C12H20N3O8S+. The highest BCUT2D eigenvalue weighted by atomic mass is 32.3. The molecule has 12 heteroatoms. The van der Waals surface area contributed by atoms with Gasteiger partial charge in [0.2, 0.25) is 6.04 Å². The fraction of sp³-hybridized carbons (Fsp3) is 0.833. The molecule has 2 bridgehead atoms. The van der Waals surface area contributed by atoms with Gasteiger partial charge in [-0.2, -0.15) is 13.3 Å². The number of amides is 3. The van der Waals surface area contributed by atoms with Crippen molar-refractivity contribution >= 4 is 22.3 Å². The Bertz CT molecular complexity index is 634. The molecule has 3 amide bonds.